The van der Waals surface area contributed by atoms with E-state index >= 15 is 0 Å². The second-order valence-corrected chi connectivity index (χ2v) is 12.0. The number of piperidine rings is 1. The number of aromatic nitrogens is 4. The molecule has 0 spiro atoms. The molecule has 2 amide bonds. The van der Waals surface area contributed by atoms with Gasteiger partial charge in [-0.05, 0) is 56.0 Å². The van der Waals surface area contributed by atoms with Gasteiger partial charge in [-0.3, -0.25) is 4.98 Å². The number of primary amides is 1. The first-order valence-corrected chi connectivity index (χ1v) is 14.2. The highest BCUT2D eigenvalue weighted by molar-refractivity contribution is 7.91. The fourth-order valence-corrected chi connectivity index (χ4v) is 7.04. The maximum atomic E-state index is 13.3. The minimum atomic E-state index is -3.74. The van der Waals surface area contributed by atoms with E-state index in [1.807, 2.05) is 12.1 Å². The van der Waals surface area contributed by atoms with Crippen LogP contribution in [0.4, 0.5) is 15.0 Å². The van der Waals surface area contributed by atoms with Gasteiger partial charge in [-0.1, -0.05) is 6.07 Å². The second kappa shape index (κ2) is 8.76. The van der Waals surface area contributed by atoms with Crippen LogP contribution < -0.4 is 11.5 Å². The normalized spacial score (nSPS) is 21.2. The number of pyridine rings is 1. The molecule has 2 atom stereocenters. The smallest absolute Gasteiger partial charge is 0.315 e. The summed E-state index contributed by atoms with van der Waals surface area (Å²) in [6.07, 6.45) is 7.13. The Balaban J connectivity index is 1.44. The number of anilines is 1. The quantitative estimate of drug-likeness (QED) is 0.407. The summed E-state index contributed by atoms with van der Waals surface area (Å²) in [5.41, 5.74) is 15.7. The van der Waals surface area contributed by atoms with E-state index < -0.39 is 15.9 Å². The number of urea groups is 1. The van der Waals surface area contributed by atoms with Crippen LogP contribution in [-0.4, -0.2) is 57.3 Å². The molecule has 0 saturated carbocycles. The fraction of sp³-hybridized carbons (Fsp3) is 0.308. The third-order valence-electron chi connectivity index (χ3n) is 7.62. The number of carbonyl (C=O) groups is 1. The van der Waals surface area contributed by atoms with E-state index in [0.717, 1.165) is 30.2 Å². The lowest BCUT2D eigenvalue weighted by Crippen LogP contribution is -2.48. The molecule has 2 unspecified atom stereocenters. The van der Waals surface area contributed by atoms with Gasteiger partial charge in [0.05, 0.1) is 17.6 Å². The molecule has 1 aromatic carbocycles. The number of fused-ring (bicyclic) bond motifs is 3. The van der Waals surface area contributed by atoms with Crippen molar-refractivity contribution in [3.63, 3.8) is 0 Å². The van der Waals surface area contributed by atoms with Gasteiger partial charge in [-0.25, -0.2) is 22.6 Å². The number of nitrogens with zero attached hydrogens (tertiary/aromatic N) is 5. The lowest BCUT2D eigenvalue weighted by atomic mass is 9.88. The van der Waals surface area contributed by atoms with Crippen molar-refractivity contribution in [1.82, 2.24) is 24.5 Å². The zero-order valence-electron chi connectivity index (χ0n) is 20.6. The van der Waals surface area contributed by atoms with Crippen molar-refractivity contribution in [2.24, 2.45) is 5.73 Å². The number of hydrogen-bond acceptors (Lipinski definition) is 7. The number of nitrogens with two attached hydrogens (primary N) is 2. The van der Waals surface area contributed by atoms with Gasteiger partial charge in [0.25, 0.3) is 0 Å². The first kappa shape index (κ1) is 24.3. The Morgan fingerprint density at radius 2 is 1.68 bits per heavy atom. The summed E-state index contributed by atoms with van der Waals surface area (Å²) in [6.45, 7) is 0. The van der Waals surface area contributed by atoms with Gasteiger partial charge in [0.15, 0.2) is 15.5 Å². The minimum Gasteiger partial charge on any atom is -0.382 e. The van der Waals surface area contributed by atoms with Gasteiger partial charge in [0.1, 0.15) is 16.5 Å². The Labute approximate surface area is 218 Å². The third kappa shape index (κ3) is 3.95. The van der Waals surface area contributed by atoms with Crippen LogP contribution in [0.15, 0.2) is 53.7 Å². The van der Waals surface area contributed by atoms with Crippen LogP contribution in [0.5, 0.6) is 0 Å². The Kier molecular flexibility index (Phi) is 5.60. The van der Waals surface area contributed by atoms with E-state index in [4.69, 9.17) is 16.5 Å². The molecule has 5 heterocycles. The summed E-state index contributed by atoms with van der Waals surface area (Å²) >= 11 is 0. The molecule has 6 rings (SSSR count). The molecule has 10 nitrogen and oxygen atoms in total. The molecule has 196 valence electrons. The summed E-state index contributed by atoms with van der Waals surface area (Å²) in [5.74, 6) is -0.529. The number of rotatable bonds is 4. The summed E-state index contributed by atoms with van der Waals surface area (Å²) in [6, 6.07) is 9.18. The number of amides is 2. The van der Waals surface area contributed by atoms with Crippen molar-refractivity contribution in [2.75, 3.05) is 12.0 Å². The van der Waals surface area contributed by atoms with E-state index in [0.29, 0.717) is 35.4 Å². The molecule has 38 heavy (non-hydrogen) atoms. The predicted octanol–water partition coefficient (Wildman–Crippen LogP) is 3.37. The molecule has 2 saturated heterocycles. The highest BCUT2D eigenvalue weighted by Gasteiger charge is 2.44. The van der Waals surface area contributed by atoms with Crippen LogP contribution >= 0.6 is 0 Å². The largest absolute Gasteiger partial charge is 0.382 e. The van der Waals surface area contributed by atoms with Gasteiger partial charge in [0, 0.05) is 47.1 Å². The number of hydrogen-bond donors (Lipinski definition) is 2. The van der Waals surface area contributed by atoms with Crippen molar-refractivity contribution in [1.29, 1.82) is 0 Å². The number of carbonyl (C=O) groups excluding carboxylic acids is 1. The zero-order valence-corrected chi connectivity index (χ0v) is 21.4. The lowest BCUT2D eigenvalue weighted by molar-refractivity contribution is 0.144. The molecule has 12 heteroatoms. The van der Waals surface area contributed by atoms with Crippen molar-refractivity contribution >= 4 is 27.3 Å². The van der Waals surface area contributed by atoms with Crippen LogP contribution in [0.1, 0.15) is 37.3 Å². The average molecular weight is 536 g/mol. The zero-order chi connectivity index (χ0) is 26.8. The van der Waals surface area contributed by atoms with Gasteiger partial charge in [-0.2, -0.15) is 9.61 Å². The summed E-state index contributed by atoms with van der Waals surface area (Å²) in [7, 11) is -3.74. The first-order valence-electron chi connectivity index (χ1n) is 12.3. The maximum absolute atomic E-state index is 13.3. The molecule has 3 aromatic heterocycles. The van der Waals surface area contributed by atoms with Gasteiger partial charge >= 0.3 is 6.03 Å². The first-order chi connectivity index (χ1) is 18.1. The van der Waals surface area contributed by atoms with Crippen LogP contribution in [0.25, 0.3) is 28.0 Å². The monoisotopic (exact) mass is 535 g/mol. The van der Waals surface area contributed by atoms with E-state index in [2.05, 4.69) is 10.1 Å². The SMILES string of the molecule is CS(=O)(=O)c1c(C2CC3CCC(C2)N3C(N)=O)nc2c(-c3ccc(-c4ccc(F)cc4)nc3)cnn2c1N. The van der Waals surface area contributed by atoms with Crippen LogP contribution in [0, 0.1) is 5.82 Å². The van der Waals surface area contributed by atoms with Crippen molar-refractivity contribution in [2.45, 2.75) is 48.6 Å². The van der Waals surface area contributed by atoms with Crippen molar-refractivity contribution < 1.29 is 17.6 Å². The Bertz CT molecular complexity index is 1660. The van der Waals surface area contributed by atoms with Gasteiger partial charge in [0.2, 0.25) is 0 Å². The number of benzene rings is 1. The van der Waals surface area contributed by atoms with Gasteiger partial charge < -0.3 is 16.4 Å². The molecule has 4 N–H and O–H groups in total. The summed E-state index contributed by atoms with van der Waals surface area (Å²) in [5, 5.41) is 4.35. The second-order valence-electron chi connectivity index (χ2n) is 10.0. The molecule has 2 aliphatic heterocycles. The van der Waals surface area contributed by atoms with Crippen molar-refractivity contribution in [3.05, 3.63) is 60.3 Å². The molecule has 4 aromatic rings. The maximum Gasteiger partial charge on any atom is 0.315 e. The molecule has 0 radical (unpaired) electrons. The Morgan fingerprint density at radius 1 is 1.03 bits per heavy atom. The summed E-state index contributed by atoms with van der Waals surface area (Å²) < 4.78 is 40.4. The molecular formula is C26H26FN7O3S. The average Bonchev–Trinajstić information content (AvgIpc) is 3.42. The number of sulfone groups is 1. The van der Waals surface area contributed by atoms with Crippen molar-refractivity contribution in [3.8, 4) is 22.4 Å². The standard InChI is InChI=1S/C26H26FN7O3S/c1-38(36,37)23-22(16-10-18-7-8-19(11-16)33(18)26(29)35)32-25-20(13-31-34(25)24(23)28)15-4-9-21(30-12-15)14-2-5-17(27)6-3-14/h2-6,9,12-13,16,18-19H,7-8,10-11,28H2,1H3,(H2,29,35). The highest BCUT2D eigenvalue weighted by Crippen LogP contribution is 2.45. The Morgan fingerprint density at radius 3 is 2.26 bits per heavy atom. The highest BCUT2D eigenvalue weighted by atomic mass is 32.2. The van der Waals surface area contributed by atoms with E-state index in [9.17, 15) is 17.6 Å². The number of halogens is 1. The molecule has 2 fully saturated rings. The Hall–Kier alpha value is -4.06. The molecular weight excluding hydrogens is 509 g/mol. The van der Waals surface area contributed by atoms with Crippen LogP contribution in [0.3, 0.4) is 0 Å². The molecule has 0 aliphatic carbocycles. The third-order valence-corrected chi connectivity index (χ3v) is 8.78. The molecule has 2 aliphatic rings. The van der Waals surface area contributed by atoms with E-state index in [1.165, 1.54) is 16.6 Å². The van der Waals surface area contributed by atoms with Crippen LogP contribution in [-0.2, 0) is 9.84 Å². The predicted molar refractivity (Wildman–Crippen MR) is 139 cm³/mol. The molecule has 2 bridgehead atoms. The van der Waals surface area contributed by atoms with E-state index in [-0.39, 0.29) is 34.5 Å². The van der Waals surface area contributed by atoms with E-state index in [1.54, 1.807) is 29.4 Å². The lowest BCUT2D eigenvalue weighted by Gasteiger charge is -2.38. The van der Waals surface area contributed by atoms with Gasteiger partial charge in [-0.15, -0.1) is 0 Å². The number of nitrogen functional groups attached to an aromatic ring is 1. The summed E-state index contributed by atoms with van der Waals surface area (Å²) in [4.78, 5) is 23.1. The topological polar surface area (TPSA) is 150 Å². The fourth-order valence-electron chi connectivity index (χ4n) is 5.98. The minimum absolute atomic E-state index is 0.000630. The van der Waals surface area contributed by atoms with Crippen LogP contribution in [0.2, 0.25) is 0 Å².